The summed E-state index contributed by atoms with van der Waals surface area (Å²) in [6, 6.07) is 15.3. The van der Waals surface area contributed by atoms with Gasteiger partial charge in [0.25, 0.3) is 0 Å². The summed E-state index contributed by atoms with van der Waals surface area (Å²) in [7, 11) is 0. The lowest BCUT2D eigenvalue weighted by Crippen LogP contribution is -2.03. The van der Waals surface area contributed by atoms with Gasteiger partial charge in [-0.05, 0) is 33.6 Å². The zero-order chi connectivity index (χ0) is 11.4. The number of aliphatic hydroxyl groups is 1. The van der Waals surface area contributed by atoms with Crippen LogP contribution < -0.4 is 0 Å². The molecule has 16 heavy (non-hydrogen) atoms. The van der Waals surface area contributed by atoms with Gasteiger partial charge >= 0.3 is 0 Å². The van der Waals surface area contributed by atoms with Gasteiger partial charge in [0, 0.05) is 12.1 Å². The molecule has 2 aromatic rings. The SMILES string of the molecule is OC(Cc1cccc(Br)n1)c1ccccc1. The molecule has 0 aliphatic heterocycles. The molecule has 1 unspecified atom stereocenters. The number of nitrogens with zero attached hydrogens (tertiary/aromatic N) is 1. The number of aromatic nitrogens is 1. The molecule has 2 nitrogen and oxygen atoms in total. The van der Waals surface area contributed by atoms with Crippen LogP contribution in [-0.2, 0) is 6.42 Å². The predicted molar refractivity (Wildman–Crippen MR) is 67.0 cm³/mol. The van der Waals surface area contributed by atoms with Crippen LogP contribution in [0, 0.1) is 0 Å². The first-order valence-corrected chi connectivity index (χ1v) is 5.89. The Morgan fingerprint density at radius 1 is 1.06 bits per heavy atom. The van der Waals surface area contributed by atoms with E-state index in [0.29, 0.717) is 6.42 Å². The molecule has 1 aromatic carbocycles. The largest absolute Gasteiger partial charge is 0.388 e. The summed E-state index contributed by atoms with van der Waals surface area (Å²) in [6.45, 7) is 0. The molecule has 2 rings (SSSR count). The number of benzene rings is 1. The van der Waals surface area contributed by atoms with Gasteiger partial charge in [-0.15, -0.1) is 0 Å². The van der Waals surface area contributed by atoms with Crippen molar-refractivity contribution in [2.45, 2.75) is 12.5 Å². The normalized spacial score (nSPS) is 12.4. The van der Waals surface area contributed by atoms with E-state index in [1.54, 1.807) is 0 Å². The topological polar surface area (TPSA) is 33.1 Å². The van der Waals surface area contributed by atoms with Crippen LogP contribution >= 0.6 is 15.9 Å². The Balaban J connectivity index is 2.11. The molecule has 1 N–H and O–H groups in total. The molecule has 0 fully saturated rings. The minimum absolute atomic E-state index is 0.497. The van der Waals surface area contributed by atoms with Gasteiger partial charge in [0.05, 0.1) is 6.10 Å². The van der Waals surface area contributed by atoms with Crippen LogP contribution in [0.25, 0.3) is 0 Å². The first kappa shape index (κ1) is 11.3. The third-order valence-corrected chi connectivity index (χ3v) is 2.80. The van der Waals surface area contributed by atoms with E-state index in [1.807, 2.05) is 48.5 Å². The summed E-state index contributed by atoms with van der Waals surface area (Å²) in [5.74, 6) is 0. The highest BCUT2D eigenvalue weighted by molar-refractivity contribution is 9.10. The molecule has 0 bridgehead atoms. The summed E-state index contributed by atoms with van der Waals surface area (Å²) in [4.78, 5) is 4.30. The van der Waals surface area contributed by atoms with Gasteiger partial charge in [-0.3, -0.25) is 0 Å². The second-order valence-corrected chi connectivity index (χ2v) is 4.39. The van der Waals surface area contributed by atoms with E-state index in [-0.39, 0.29) is 0 Å². The van der Waals surface area contributed by atoms with Crippen molar-refractivity contribution in [1.29, 1.82) is 0 Å². The molecular formula is C13H12BrNO. The third-order valence-electron chi connectivity index (χ3n) is 2.36. The molecule has 1 atom stereocenters. The molecular weight excluding hydrogens is 266 g/mol. The lowest BCUT2D eigenvalue weighted by Gasteiger charge is -2.10. The smallest absolute Gasteiger partial charge is 0.106 e. The van der Waals surface area contributed by atoms with Crippen LogP contribution in [0.2, 0.25) is 0 Å². The molecule has 0 saturated heterocycles. The van der Waals surface area contributed by atoms with Crippen LogP contribution in [0.1, 0.15) is 17.4 Å². The van der Waals surface area contributed by atoms with Gasteiger partial charge in [0.15, 0.2) is 0 Å². The Hall–Kier alpha value is -1.19. The van der Waals surface area contributed by atoms with E-state index >= 15 is 0 Å². The average Bonchev–Trinajstić information content (AvgIpc) is 2.30. The van der Waals surface area contributed by atoms with E-state index in [1.165, 1.54) is 0 Å². The van der Waals surface area contributed by atoms with Crippen molar-refractivity contribution in [2.24, 2.45) is 0 Å². The van der Waals surface area contributed by atoms with Gasteiger partial charge in [0.1, 0.15) is 4.60 Å². The summed E-state index contributed by atoms with van der Waals surface area (Å²) in [6.07, 6.45) is 0.0340. The van der Waals surface area contributed by atoms with Gasteiger partial charge in [-0.25, -0.2) is 4.98 Å². The van der Waals surface area contributed by atoms with Crippen LogP contribution in [0.15, 0.2) is 53.1 Å². The minimum atomic E-state index is -0.497. The Morgan fingerprint density at radius 3 is 2.50 bits per heavy atom. The molecule has 82 valence electrons. The van der Waals surface area contributed by atoms with E-state index < -0.39 is 6.10 Å². The van der Waals surface area contributed by atoms with Crippen molar-refractivity contribution in [2.75, 3.05) is 0 Å². The van der Waals surface area contributed by atoms with Crippen molar-refractivity contribution in [1.82, 2.24) is 4.98 Å². The fourth-order valence-electron chi connectivity index (χ4n) is 1.56. The number of rotatable bonds is 3. The third kappa shape index (κ3) is 2.90. The van der Waals surface area contributed by atoms with Gasteiger partial charge in [0.2, 0.25) is 0 Å². The van der Waals surface area contributed by atoms with E-state index in [9.17, 15) is 5.11 Å². The van der Waals surface area contributed by atoms with Crippen molar-refractivity contribution in [3.8, 4) is 0 Å². The summed E-state index contributed by atoms with van der Waals surface area (Å²) < 4.78 is 0.797. The summed E-state index contributed by atoms with van der Waals surface area (Å²) in [5.41, 5.74) is 1.80. The second-order valence-electron chi connectivity index (χ2n) is 3.58. The lowest BCUT2D eigenvalue weighted by molar-refractivity contribution is 0.177. The number of aliphatic hydroxyl groups excluding tert-OH is 1. The Kier molecular flexibility index (Phi) is 3.70. The van der Waals surface area contributed by atoms with Crippen molar-refractivity contribution < 1.29 is 5.11 Å². The van der Waals surface area contributed by atoms with Gasteiger partial charge in [-0.1, -0.05) is 36.4 Å². The molecule has 0 saturated carbocycles. The zero-order valence-corrected chi connectivity index (χ0v) is 10.3. The first-order valence-electron chi connectivity index (χ1n) is 5.10. The Labute approximate surface area is 103 Å². The zero-order valence-electron chi connectivity index (χ0n) is 8.68. The highest BCUT2D eigenvalue weighted by Crippen LogP contribution is 2.17. The molecule has 0 radical (unpaired) electrons. The molecule has 0 aliphatic rings. The van der Waals surface area contributed by atoms with Crippen LogP contribution in [0.4, 0.5) is 0 Å². The number of pyridine rings is 1. The molecule has 1 aromatic heterocycles. The maximum atomic E-state index is 10.0. The Morgan fingerprint density at radius 2 is 1.81 bits per heavy atom. The second kappa shape index (κ2) is 5.23. The Bertz CT molecular complexity index is 458. The summed E-state index contributed by atoms with van der Waals surface area (Å²) >= 11 is 3.32. The molecule has 3 heteroatoms. The van der Waals surface area contributed by atoms with Crippen LogP contribution in [0.5, 0.6) is 0 Å². The van der Waals surface area contributed by atoms with E-state index in [4.69, 9.17) is 0 Å². The highest BCUT2D eigenvalue weighted by Gasteiger charge is 2.08. The van der Waals surface area contributed by atoms with Crippen LogP contribution in [0.3, 0.4) is 0 Å². The van der Waals surface area contributed by atoms with E-state index in [2.05, 4.69) is 20.9 Å². The average molecular weight is 278 g/mol. The fraction of sp³-hybridized carbons (Fsp3) is 0.154. The monoisotopic (exact) mass is 277 g/mol. The van der Waals surface area contributed by atoms with Crippen molar-refractivity contribution in [3.05, 3.63) is 64.4 Å². The van der Waals surface area contributed by atoms with Gasteiger partial charge in [-0.2, -0.15) is 0 Å². The maximum absolute atomic E-state index is 10.0. The minimum Gasteiger partial charge on any atom is -0.388 e. The molecule has 0 aliphatic carbocycles. The first-order chi connectivity index (χ1) is 7.75. The number of halogens is 1. The predicted octanol–water partition coefficient (Wildman–Crippen LogP) is 3.12. The molecule has 0 amide bonds. The highest BCUT2D eigenvalue weighted by atomic mass is 79.9. The number of hydrogen-bond donors (Lipinski definition) is 1. The molecule has 0 spiro atoms. The fourth-order valence-corrected chi connectivity index (χ4v) is 1.94. The number of hydrogen-bond acceptors (Lipinski definition) is 2. The lowest BCUT2D eigenvalue weighted by atomic mass is 10.0. The standard InChI is InChI=1S/C13H12BrNO/c14-13-8-4-7-11(15-13)9-12(16)10-5-2-1-3-6-10/h1-8,12,16H,9H2. The van der Waals surface area contributed by atoms with Gasteiger partial charge < -0.3 is 5.11 Å². The van der Waals surface area contributed by atoms with Crippen LogP contribution in [-0.4, -0.2) is 10.1 Å². The van der Waals surface area contributed by atoms with Crippen molar-refractivity contribution >= 4 is 15.9 Å². The summed E-state index contributed by atoms with van der Waals surface area (Å²) in [5, 5.41) is 10.0. The van der Waals surface area contributed by atoms with Crippen molar-refractivity contribution in [3.63, 3.8) is 0 Å². The molecule has 1 heterocycles. The van der Waals surface area contributed by atoms with E-state index in [0.717, 1.165) is 15.9 Å². The maximum Gasteiger partial charge on any atom is 0.106 e. The quantitative estimate of drug-likeness (QED) is 0.875.